The number of carbonyl (C=O) groups excluding carboxylic acids is 1. The highest BCUT2D eigenvalue weighted by atomic mass is 32.2. The van der Waals surface area contributed by atoms with Crippen molar-refractivity contribution in [2.45, 2.75) is 45.6 Å². The molecule has 1 atom stereocenters. The second-order valence-electron chi connectivity index (χ2n) is 4.44. The molecule has 2 N–H and O–H groups in total. The lowest BCUT2D eigenvalue weighted by Gasteiger charge is -2.22. The molecule has 108 valence electrons. The summed E-state index contributed by atoms with van der Waals surface area (Å²) in [5, 5.41) is 17.9. The number of thioether (sulfide) groups is 1. The predicted molar refractivity (Wildman–Crippen MR) is 76.8 cm³/mol. The van der Waals surface area contributed by atoms with Crippen LogP contribution in [0.1, 0.15) is 39.5 Å². The van der Waals surface area contributed by atoms with Gasteiger partial charge in [-0.2, -0.15) is 0 Å². The maximum atomic E-state index is 12.0. The van der Waals surface area contributed by atoms with Crippen LogP contribution >= 0.6 is 11.8 Å². The fourth-order valence-corrected chi connectivity index (χ4v) is 2.34. The molecule has 0 aliphatic heterocycles. The minimum absolute atomic E-state index is 0.145. The lowest BCUT2D eigenvalue weighted by atomic mass is 10.2. The summed E-state index contributed by atoms with van der Waals surface area (Å²) in [7, 11) is 0. The standard InChI is InChI=1S/C13H27NO3S/c1-3-5-7-14(8-6-4-2)13(17)11-18-10-12(16)9-15/h12,15-16H,3-11H2,1-2H3. The predicted octanol–water partition coefficient (Wildman–Crippen LogP) is 1.50. The van der Waals surface area contributed by atoms with Gasteiger partial charge in [0, 0.05) is 18.8 Å². The fraction of sp³-hybridized carbons (Fsp3) is 0.923. The first-order valence-corrected chi connectivity index (χ1v) is 7.95. The highest BCUT2D eigenvalue weighted by molar-refractivity contribution is 7.99. The number of rotatable bonds is 11. The molecule has 0 aromatic rings. The fourth-order valence-electron chi connectivity index (χ4n) is 1.49. The normalized spacial score (nSPS) is 12.4. The molecule has 0 aliphatic rings. The van der Waals surface area contributed by atoms with Gasteiger partial charge in [0.2, 0.25) is 5.91 Å². The van der Waals surface area contributed by atoms with Gasteiger partial charge in [-0.1, -0.05) is 26.7 Å². The van der Waals surface area contributed by atoms with E-state index in [4.69, 9.17) is 5.11 Å². The van der Waals surface area contributed by atoms with Crippen LogP contribution in [0.4, 0.5) is 0 Å². The van der Waals surface area contributed by atoms with Crippen molar-refractivity contribution in [1.82, 2.24) is 4.90 Å². The first-order chi connectivity index (χ1) is 8.65. The summed E-state index contributed by atoms with van der Waals surface area (Å²) in [6.45, 7) is 5.66. The molecule has 1 amide bonds. The Hall–Kier alpha value is -0.260. The SMILES string of the molecule is CCCCN(CCCC)C(=O)CSCC(O)CO. The van der Waals surface area contributed by atoms with E-state index in [9.17, 15) is 9.90 Å². The molecular formula is C13H27NO3S. The molecule has 0 aromatic heterocycles. The molecule has 0 rings (SSSR count). The molecule has 0 saturated carbocycles. The van der Waals surface area contributed by atoms with Crippen LogP contribution in [0.2, 0.25) is 0 Å². The quantitative estimate of drug-likeness (QED) is 0.601. The van der Waals surface area contributed by atoms with E-state index in [0.717, 1.165) is 38.8 Å². The van der Waals surface area contributed by atoms with Gasteiger partial charge in [0.1, 0.15) is 0 Å². The zero-order chi connectivity index (χ0) is 13.8. The number of hydrogen-bond acceptors (Lipinski definition) is 4. The Morgan fingerprint density at radius 1 is 1.22 bits per heavy atom. The van der Waals surface area contributed by atoms with Crippen LogP contribution in [0.25, 0.3) is 0 Å². The largest absolute Gasteiger partial charge is 0.394 e. The second-order valence-corrected chi connectivity index (χ2v) is 5.47. The highest BCUT2D eigenvalue weighted by Gasteiger charge is 2.13. The van der Waals surface area contributed by atoms with Gasteiger partial charge in [-0.25, -0.2) is 0 Å². The Bertz CT molecular complexity index is 206. The number of nitrogens with zero attached hydrogens (tertiary/aromatic N) is 1. The van der Waals surface area contributed by atoms with Crippen molar-refractivity contribution in [3.63, 3.8) is 0 Å². The first kappa shape index (κ1) is 17.7. The molecule has 0 fully saturated rings. The number of aliphatic hydroxyl groups excluding tert-OH is 2. The third-order valence-electron chi connectivity index (χ3n) is 2.66. The number of amides is 1. The molecule has 4 nitrogen and oxygen atoms in total. The summed E-state index contributed by atoms with van der Waals surface area (Å²) in [6, 6.07) is 0. The molecule has 0 aromatic carbocycles. The average Bonchev–Trinajstić information content (AvgIpc) is 2.38. The molecule has 5 heteroatoms. The molecule has 0 bridgehead atoms. The van der Waals surface area contributed by atoms with Crippen LogP contribution in [0.3, 0.4) is 0 Å². The van der Waals surface area contributed by atoms with Crippen molar-refractivity contribution in [2.24, 2.45) is 0 Å². The van der Waals surface area contributed by atoms with E-state index >= 15 is 0 Å². The van der Waals surface area contributed by atoms with Crippen molar-refractivity contribution in [1.29, 1.82) is 0 Å². The highest BCUT2D eigenvalue weighted by Crippen LogP contribution is 2.07. The van der Waals surface area contributed by atoms with Gasteiger partial charge >= 0.3 is 0 Å². The zero-order valence-electron chi connectivity index (χ0n) is 11.6. The smallest absolute Gasteiger partial charge is 0.232 e. The maximum absolute atomic E-state index is 12.0. The molecule has 0 saturated heterocycles. The van der Waals surface area contributed by atoms with E-state index in [0.29, 0.717) is 11.5 Å². The Balaban J connectivity index is 3.95. The van der Waals surface area contributed by atoms with Crippen LogP contribution in [0.15, 0.2) is 0 Å². The van der Waals surface area contributed by atoms with Crippen molar-refractivity contribution in [2.75, 3.05) is 31.2 Å². The third kappa shape index (κ3) is 8.78. The Labute approximate surface area is 115 Å². The molecule has 0 heterocycles. The number of hydrogen-bond donors (Lipinski definition) is 2. The van der Waals surface area contributed by atoms with Crippen molar-refractivity contribution in [3.8, 4) is 0 Å². The summed E-state index contributed by atoms with van der Waals surface area (Å²) in [4.78, 5) is 13.9. The van der Waals surface area contributed by atoms with Gasteiger partial charge in [-0.05, 0) is 12.8 Å². The van der Waals surface area contributed by atoms with Crippen molar-refractivity contribution < 1.29 is 15.0 Å². The number of unbranched alkanes of at least 4 members (excludes halogenated alkanes) is 2. The van der Waals surface area contributed by atoms with E-state index in [2.05, 4.69) is 13.8 Å². The number of aliphatic hydroxyl groups is 2. The summed E-state index contributed by atoms with van der Waals surface area (Å²) < 4.78 is 0. The van der Waals surface area contributed by atoms with Gasteiger partial charge in [-0.3, -0.25) is 4.79 Å². The summed E-state index contributed by atoms with van der Waals surface area (Å²) in [5.74, 6) is 0.953. The van der Waals surface area contributed by atoms with E-state index in [1.54, 1.807) is 0 Å². The van der Waals surface area contributed by atoms with Gasteiger partial charge < -0.3 is 15.1 Å². The Kier molecular flexibility index (Phi) is 11.6. The van der Waals surface area contributed by atoms with Crippen LogP contribution in [0.5, 0.6) is 0 Å². The molecule has 1 unspecified atom stereocenters. The van der Waals surface area contributed by atoms with E-state index in [1.807, 2.05) is 4.90 Å². The van der Waals surface area contributed by atoms with Gasteiger partial charge in [0.05, 0.1) is 18.5 Å². The Morgan fingerprint density at radius 2 is 1.78 bits per heavy atom. The second kappa shape index (κ2) is 11.8. The molecule has 0 radical (unpaired) electrons. The molecule has 18 heavy (non-hydrogen) atoms. The average molecular weight is 277 g/mol. The van der Waals surface area contributed by atoms with Gasteiger partial charge in [0.15, 0.2) is 0 Å². The van der Waals surface area contributed by atoms with Gasteiger partial charge in [-0.15, -0.1) is 11.8 Å². The third-order valence-corrected chi connectivity index (χ3v) is 3.73. The number of carbonyl (C=O) groups is 1. The van der Waals surface area contributed by atoms with Crippen LogP contribution in [-0.2, 0) is 4.79 Å². The summed E-state index contributed by atoms with van der Waals surface area (Å²) >= 11 is 1.39. The minimum Gasteiger partial charge on any atom is -0.394 e. The van der Waals surface area contributed by atoms with Crippen LogP contribution in [0, 0.1) is 0 Å². The van der Waals surface area contributed by atoms with Gasteiger partial charge in [0.25, 0.3) is 0 Å². The monoisotopic (exact) mass is 277 g/mol. The van der Waals surface area contributed by atoms with E-state index < -0.39 is 6.10 Å². The first-order valence-electron chi connectivity index (χ1n) is 6.80. The van der Waals surface area contributed by atoms with Crippen LogP contribution in [-0.4, -0.2) is 58.3 Å². The molecule has 0 spiro atoms. The van der Waals surface area contributed by atoms with Crippen LogP contribution < -0.4 is 0 Å². The zero-order valence-corrected chi connectivity index (χ0v) is 12.4. The van der Waals surface area contributed by atoms with Crippen molar-refractivity contribution >= 4 is 17.7 Å². The summed E-state index contributed by atoms with van der Waals surface area (Å²) in [6.07, 6.45) is 3.54. The van der Waals surface area contributed by atoms with E-state index in [-0.39, 0.29) is 12.5 Å². The topological polar surface area (TPSA) is 60.8 Å². The summed E-state index contributed by atoms with van der Waals surface area (Å²) in [5.41, 5.74) is 0. The lowest BCUT2D eigenvalue weighted by molar-refractivity contribution is -0.128. The lowest BCUT2D eigenvalue weighted by Crippen LogP contribution is -2.34. The minimum atomic E-state index is -0.720. The van der Waals surface area contributed by atoms with Crippen molar-refractivity contribution in [3.05, 3.63) is 0 Å². The Morgan fingerprint density at radius 3 is 2.22 bits per heavy atom. The molecular weight excluding hydrogens is 250 g/mol. The maximum Gasteiger partial charge on any atom is 0.232 e. The van der Waals surface area contributed by atoms with E-state index in [1.165, 1.54) is 11.8 Å². The molecule has 0 aliphatic carbocycles.